The van der Waals surface area contributed by atoms with Crippen molar-refractivity contribution in [1.82, 2.24) is 34.7 Å². The van der Waals surface area contributed by atoms with E-state index >= 15 is 0 Å². The van der Waals surface area contributed by atoms with Gasteiger partial charge in [-0.2, -0.15) is 9.97 Å². The van der Waals surface area contributed by atoms with Crippen LogP contribution in [0.25, 0.3) is 11.2 Å². The van der Waals surface area contributed by atoms with E-state index in [0.29, 0.717) is 29.8 Å². The first-order chi connectivity index (χ1) is 19.6. The zero-order chi connectivity index (χ0) is 27.4. The molecule has 7 N–H and O–H groups in total. The number of hydrogen-bond acceptors (Lipinski definition) is 9. The van der Waals surface area contributed by atoms with Crippen LogP contribution in [-0.2, 0) is 6.54 Å². The predicted molar refractivity (Wildman–Crippen MR) is 159 cm³/mol. The Morgan fingerprint density at radius 1 is 1.05 bits per heavy atom. The van der Waals surface area contributed by atoms with Crippen molar-refractivity contribution < 1.29 is 0 Å². The number of nitrogens with zero attached hydrogens (tertiary/aromatic N) is 7. The molecule has 12 nitrogen and oxygen atoms in total. The summed E-state index contributed by atoms with van der Waals surface area (Å²) in [5.41, 5.74) is 15.0. The summed E-state index contributed by atoms with van der Waals surface area (Å²) < 4.78 is 2.24. The van der Waals surface area contributed by atoms with Crippen molar-refractivity contribution in [3.8, 4) is 0 Å². The molecule has 1 saturated carbocycles. The number of nitrogens with one attached hydrogen (secondary N) is 3. The molecule has 214 valence electrons. The van der Waals surface area contributed by atoms with Crippen LogP contribution < -0.4 is 27.4 Å². The van der Waals surface area contributed by atoms with E-state index in [1.165, 1.54) is 25.7 Å². The first-order valence-corrected chi connectivity index (χ1v) is 14.8. The van der Waals surface area contributed by atoms with Gasteiger partial charge in [0.1, 0.15) is 0 Å². The number of hydrogen-bond donors (Lipinski definition) is 5. The maximum atomic E-state index is 5.39. The molecule has 3 aromatic rings. The molecule has 0 aromatic carbocycles. The van der Waals surface area contributed by atoms with Gasteiger partial charge < -0.3 is 32.0 Å². The summed E-state index contributed by atoms with van der Waals surface area (Å²) in [6.07, 6.45) is 12.8. The van der Waals surface area contributed by atoms with Crippen LogP contribution in [0.5, 0.6) is 0 Å². The van der Waals surface area contributed by atoms with Crippen LogP contribution in [-0.4, -0.2) is 74.6 Å². The minimum absolute atomic E-state index is 0.161. The highest BCUT2D eigenvalue weighted by molar-refractivity contribution is 5.86. The molecule has 0 radical (unpaired) electrons. The average Bonchev–Trinajstić information content (AvgIpc) is 3.57. The molecule has 0 atom stereocenters. The molecular weight excluding hydrogens is 504 g/mol. The minimum Gasteiger partial charge on any atom is -0.370 e. The van der Waals surface area contributed by atoms with Crippen molar-refractivity contribution >= 4 is 34.6 Å². The Hall–Kier alpha value is -3.51. The number of anilines is 3. The number of imidazole rings is 1. The largest absolute Gasteiger partial charge is 0.370 e. The molecule has 1 aliphatic carbocycles. The predicted octanol–water partition coefficient (Wildman–Crippen LogP) is 2.73. The topological polar surface area (TPSA) is 160 Å². The molecule has 3 fully saturated rings. The molecule has 12 heteroatoms. The van der Waals surface area contributed by atoms with Gasteiger partial charge in [0.2, 0.25) is 5.95 Å². The quantitative estimate of drug-likeness (QED) is 0.122. The second-order valence-corrected chi connectivity index (χ2v) is 11.7. The molecule has 5 heterocycles. The van der Waals surface area contributed by atoms with Crippen molar-refractivity contribution in [3.05, 3.63) is 30.4 Å². The standard InChI is InChI=1S/C28H42N12/c29-26(30)32-11-5-1-2-6-12-33-27-37-24(23-25(38-27)40(19-35-23)22-7-3-4-8-22)36-20-9-10-21(34-13-20)14-39-17-28(18-39)15-31-16-28/h9-10,13,19,22,31H,1-8,11-12,14-18H2,(H4,29,30,32)(H2,33,36,37,38). The third kappa shape index (κ3) is 6.12. The summed E-state index contributed by atoms with van der Waals surface area (Å²) in [5, 5.41) is 10.3. The SMILES string of the molecule is NC(N)=NCCCCCCNc1nc(Nc2ccc(CN3CC4(CNC4)C3)nc2)c2ncn(C3CCCC3)c2n1. The van der Waals surface area contributed by atoms with Gasteiger partial charge >= 0.3 is 0 Å². The molecule has 3 aliphatic rings. The Morgan fingerprint density at radius 3 is 2.60 bits per heavy atom. The van der Waals surface area contributed by atoms with E-state index in [-0.39, 0.29) is 5.96 Å². The van der Waals surface area contributed by atoms with Gasteiger partial charge in [0, 0.05) is 57.3 Å². The highest BCUT2D eigenvalue weighted by Crippen LogP contribution is 2.35. The zero-order valence-corrected chi connectivity index (χ0v) is 23.3. The van der Waals surface area contributed by atoms with Crippen LogP contribution in [0, 0.1) is 5.41 Å². The summed E-state index contributed by atoms with van der Waals surface area (Å²) in [6, 6.07) is 4.64. The van der Waals surface area contributed by atoms with Crippen molar-refractivity contribution in [2.75, 3.05) is 49.9 Å². The third-order valence-electron chi connectivity index (χ3n) is 8.39. The third-order valence-corrected chi connectivity index (χ3v) is 8.39. The fraction of sp³-hybridized carbons (Fsp3) is 0.607. The van der Waals surface area contributed by atoms with Gasteiger partial charge in [0.15, 0.2) is 22.9 Å². The number of fused-ring (bicyclic) bond motifs is 1. The van der Waals surface area contributed by atoms with Crippen LogP contribution in [0.15, 0.2) is 29.6 Å². The van der Waals surface area contributed by atoms with Gasteiger partial charge in [-0.25, -0.2) is 4.98 Å². The Bertz CT molecular complexity index is 1290. The Morgan fingerprint density at radius 2 is 1.88 bits per heavy atom. The number of unbranched alkanes of at least 4 members (excludes halogenated alkanes) is 3. The van der Waals surface area contributed by atoms with E-state index in [1.54, 1.807) is 0 Å². The van der Waals surface area contributed by atoms with Crippen molar-refractivity contribution in [1.29, 1.82) is 0 Å². The Balaban J connectivity index is 1.10. The minimum atomic E-state index is 0.161. The highest BCUT2D eigenvalue weighted by atomic mass is 15.3. The van der Waals surface area contributed by atoms with Gasteiger partial charge in [-0.3, -0.25) is 14.9 Å². The zero-order valence-electron chi connectivity index (χ0n) is 23.3. The first kappa shape index (κ1) is 26.7. The lowest BCUT2D eigenvalue weighted by Gasteiger charge is -2.56. The first-order valence-electron chi connectivity index (χ1n) is 14.8. The van der Waals surface area contributed by atoms with E-state index in [1.807, 2.05) is 12.5 Å². The van der Waals surface area contributed by atoms with Gasteiger partial charge in [-0.05, 0) is 37.8 Å². The summed E-state index contributed by atoms with van der Waals surface area (Å²) in [7, 11) is 0. The number of guanidine groups is 1. The number of pyridine rings is 1. The van der Waals surface area contributed by atoms with Crippen molar-refractivity contribution in [3.63, 3.8) is 0 Å². The Kier molecular flexibility index (Phi) is 7.96. The number of nitrogens with two attached hydrogens (primary N) is 2. The molecule has 6 rings (SSSR count). The molecule has 3 aromatic heterocycles. The summed E-state index contributed by atoms with van der Waals surface area (Å²) in [4.78, 5) is 25.7. The van der Waals surface area contributed by atoms with Gasteiger partial charge in [-0.15, -0.1) is 0 Å². The van der Waals surface area contributed by atoms with Crippen LogP contribution in [0.1, 0.15) is 63.1 Å². The molecular formula is C28H42N12. The average molecular weight is 547 g/mol. The maximum Gasteiger partial charge on any atom is 0.226 e. The van der Waals surface area contributed by atoms with Crippen LogP contribution in [0.2, 0.25) is 0 Å². The lowest BCUT2D eigenvalue weighted by atomic mass is 9.74. The fourth-order valence-electron chi connectivity index (χ4n) is 6.21. The van der Waals surface area contributed by atoms with Crippen molar-refractivity contribution in [2.45, 2.75) is 64.0 Å². The van der Waals surface area contributed by atoms with Crippen LogP contribution in [0.3, 0.4) is 0 Å². The van der Waals surface area contributed by atoms with E-state index in [2.05, 4.69) is 42.5 Å². The lowest BCUT2D eigenvalue weighted by molar-refractivity contribution is -0.0450. The Labute approximate surface area is 235 Å². The molecule has 40 heavy (non-hydrogen) atoms. The maximum absolute atomic E-state index is 5.39. The molecule has 0 unspecified atom stereocenters. The molecule has 0 amide bonds. The lowest BCUT2D eigenvalue weighted by Crippen LogP contribution is -2.70. The number of aromatic nitrogens is 5. The molecule has 2 aliphatic heterocycles. The fourth-order valence-corrected chi connectivity index (χ4v) is 6.21. The number of likely N-dealkylation sites (tertiary alicyclic amines) is 1. The monoisotopic (exact) mass is 546 g/mol. The second kappa shape index (κ2) is 11.9. The normalized spacial score (nSPS) is 18.5. The second-order valence-electron chi connectivity index (χ2n) is 11.7. The summed E-state index contributed by atoms with van der Waals surface area (Å²) in [5.74, 6) is 1.49. The summed E-state index contributed by atoms with van der Waals surface area (Å²) >= 11 is 0. The number of aliphatic imine (C=N–C) groups is 1. The summed E-state index contributed by atoms with van der Waals surface area (Å²) in [6.45, 7) is 7.02. The molecule has 0 bridgehead atoms. The number of rotatable bonds is 13. The highest BCUT2D eigenvalue weighted by Gasteiger charge is 2.47. The smallest absolute Gasteiger partial charge is 0.226 e. The van der Waals surface area contributed by atoms with Crippen molar-refractivity contribution in [2.24, 2.45) is 21.9 Å². The van der Waals surface area contributed by atoms with E-state index in [4.69, 9.17) is 31.4 Å². The van der Waals surface area contributed by atoms with Gasteiger partial charge in [-0.1, -0.05) is 25.7 Å². The van der Waals surface area contributed by atoms with Crippen LogP contribution >= 0.6 is 0 Å². The van der Waals surface area contributed by atoms with E-state index in [0.717, 1.165) is 87.5 Å². The van der Waals surface area contributed by atoms with Gasteiger partial charge in [0.05, 0.1) is 23.9 Å². The van der Waals surface area contributed by atoms with Gasteiger partial charge in [0.25, 0.3) is 0 Å². The van der Waals surface area contributed by atoms with E-state index < -0.39 is 0 Å². The van der Waals surface area contributed by atoms with E-state index in [9.17, 15) is 0 Å². The van der Waals surface area contributed by atoms with Crippen LogP contribution in [0.4, 0.5) is 17.5 Å². The molecule has 2 saturated heterocycles. The molecule has 1 spiro atoms.